The molecule has 0 heterocycles. The van der Waals surface area contributed by atoms with Gasteiger partial charge in [-0.25, -0.2) is 0 Å². The topological polar surface area (TPSA) is 55.1 Å². The number of aryl methyl sites for hydroxylation is 1. The van der Waals surface area contributed by atoms with Crippen LogP contribution in [0.1, 0.15) is 31.2 Å². The van der Waals surface area contributed by atoms with Gasteiger partial charge in [-0.3, -0.25) is 4.79 Å². The number of nitrogens with one attached hydrogen (secondary N) is 1. The molecule has 2 rings (SSSR count). The van der Waals surface area contributed by atoms with Crippen LogP contribution in [0, 0.1) is 6.92 Å². The lowest BCUT2D eigenvalue weighted by atomic mass is 9.81. The highest BCUT2D eigenvalue weighted by Crippen LogP contribution is 2.39. The molecule has 0 saturated heterocycles. The predicted octanol–water partition coefficient (Wildman–Crippen LogP) is 2.47. The first-order valence-electron chi connectivity index (χ1n) is 6.78. The van der Waals surface area contributed by atoms with Gasteiger partial charge in [0.1, 0.15) is 0 Å². The first kappa shape index (κ1) is 14.4. The number of nitrogens with two attached hydrogens (primary N) is 1. The summed E-state index contributed by atoms with van der Waals surface area (Å²) in [4.78, 5) is 13.0. The minimum Gasteiger partial charge on any atom is -0.368 e. The molecule has 1 aromatic carbocycles. The average Bonchev–Trinajstić information content (AvgIpc) is 2.41. The minimum absolute atomic E-state index is 0.218. The van der Waals surface area contributed by atoms with E-state index in [9.17, 15) is 4.79 Å². The minimum atomic E-state index is -0.515. The number of primary amides is 1. The van der Waals surface area contributed by atoms with Crippen LogP contribution in [0.25, 0.3) is 0 Å². The van der Waals surface area contributed by atoms with Crippen molar-refractivity contribution in [1.29, 1.82) is 0 Å². The van der Waals surface area contributed by atoms with Crippen LogP contribution in [0.3, 0.4) is 0 Å². The van der Waals surface area contributed by atoms with E-state index in [0.29, 0.717) is 5.25 Å². The first-order chi connectivity index (χ1) is 9.07. The van der Waals surface area contributed by atoms with Crippen LogP contribution >= 0.6 is 11.8 Å². The summed E-state index contributed by atoms with van der Waals surface area (Å²) in [7, 11) is 1.84. The van der Waals surface area contributed by atoms with Crippen molar-refractivity contribution in [3.8, 4) is 0 Å². The smallest absolute Gasteiger partial charge is 0.237 e. The van der Waals surface area contributed by atoms with Gasteiger partial charge in [0, 0.05) is 10.1 Å². The number of hydrogen-bond acceptors (Lipinski definition) is 3. The summed E-state index contributed by atoms with van der Waals surface area (Å²) in [5.74, 6) is -0.218. The van der Waals surface area contributed by atoms with Crippen molar-refractivity contribution in [2.24, 2.45) is 5.73 Å². The number of carbonyl (C=O) groups excluding carboxylic acids is 1. The summed E-state index contributed by atoms with van der Waals surface area (Å²) in [6.07, 6.45) is 3.87. The highest BCUT2D eigenvalue weighted by atomic mass is 32.2. The predicted molar refractivity (Wildman–Crippen MR) is 80.3 cm³/mol. The van der Waals surface area contributed by atoms with E-state index < -0.39 is 5.54 Å². The van der Waals surface area contributed by atoms with Gasteiger partial charge in [0.05, 0.1) is 5.54 Å². The molecule has 2 atom stereocenters. The number of benzene rings is 1. The molecule has 1 aliphatic carbocycles. The molecule has 3 nitrogen and oxygen atoms in total. The summed E-state index contributed by atoms with van der Waals surface area (Å²) < 4.78 is 0. The van der Waals surface area contributed by atoms with Gasteiger partial charge in [0.2, 0.25) is 5.91 Å². The third-order valence-electron chi connectivity index (χ3n) is 4.04. The van der Waals surface area contributed by atoms with Crippen molar-refractivity contribution in [1.82, 2.24) is 5.32 Å². The number of carbonyl (C=O) groups is 1. The van der Waals surface area contributed by atoms with Crippen LogP contribution in [0.5, 0.6) is 0 Å². The van der Waals surface area contributed by atoms with Crippen LogP contribution in [0.15, 0.2) is 29.2 Å². The third kappa shape index (κ3) is 3.12. The van der Waals surface area contributed by atoms with Crippen molar-refractivity contribution in [2.45, 2.75) is 48.3 Å². The summed E-state index contributed by atoms with van der Waals surface area (Å²) >= 11 is 1.88. The van der Waals surface area contributed by atoms with E-state index in [0.717, 1.165) is 25.7 Å². The number of amides is 1. The van der Waals surface area contributed by atoms with Gasteiger partial charge in [-0.05, 0) is 51.3 Å². The van der Waals surface area contributed by atoms with Gasteiger partial charge >= 0.3 is 0 Å². The fourth-order valence-electron chi connectivity index (χ4n) is 2.77. The van der Waals surface area contributed by atoms with Gasteiger partial charge in [-0.15, -0.1) is 11.8 Å². The lowest BCUT2D eigenvalue weighted by molar-refractivity contribution is -0.125. The normalized spacial score (nSPS) is 27.2. The second-order valence-corrected chi connectivity index (χ2v) is 6.64. The van der Waals surface area contributed by atoms with Gasteiger partial charge in [-0.2, -0.15) is 0 Å². The van der Waals surface area contributed by atoms with Crippen molar-refractivity contribution < 1.29 is 4.79 Å². The Kier molecular flexibility index (Phi) is 4.53. The van der Waals surface area contributed by atoms with Crippen LogP contribution < -0.4 is 11.1 Å². The molecular weight excluding hydrogens is 256 g/mol. The van der Waals surface area contributed by atoms with Crippen molar-refractivity contribution >= 4 is 17.7 Å². The van der Waals surface area contributed by atoms with E-state index in [1.807, 2.05) is 18.8 Å². The highest BCUT2D eigenvalue weighted by Gasteiger charge is 2.40. The maximum Gasteiger partial charge on any atom is 0.237 e. The Hall–Kier alpha value is -1.00. The number of thioether (sulfide) groups is 1. The third-order valence-corrected chi connectivity index (χ3v) is 5.49. The van der Waals surface area contributed by atoms with Crippen molar-refractivity contribution in [3.05, 3.63) is 29.8 Å². The lowest BCUT2D eigenvalue weighted by Crippen LogP contribution is -2.57. The summed E-state index contributed by atoms with van der Waals surface area (Å²) in [6.45, 7) is 2.13. The van der Waals surface area contributed by atoms with E-state index in [2.05, 4.69) is 36.5 Å². The summed E-state index contributed by atoms with van der Waals surface area (Å²) in [5.41, 5.74) is 6.37. The van der Waals surface area contributed by atoms with E-state index >= 15 is 0 Å². The lowest BCUT2D eigenvalue weighted by Gasteiger charge is -2.38. The quantitative estimate of drug-likeness (QED) is 0.889. The fraction of sp³-hybridized carbons (Fsp3) is 0.533. The molecule has 4 heteroatoms. The zero-order valence-electron chi connectivity index (χ0n) is 11.6. The monoisotopic (exact) mass is 278 g/mol. The van der Waals surface area contributed by atoms with E-state index in [4.69, 9.17) is 5.73 Å². The second kappa shape index (κ2) is 5.97. The molecule has 0 aliphatic heterocycles. The zero-order valence-corrected chi connectivity index (χ0v) is 12.4. The Morgan fingerprint density at radius 1 is 1.47 bits per heavy atom. The molecule has 0 spiro atoms. The molecule has 104 valence electrons. The molecule has 0 bridgehead atoms. The van der Waals surface area contributed by atoms with Gasteiger partial charge in [0.15, 0.2) is 0 Å². The molecule has 1 fully saturated rings. The Bertz CT molecular complexity index is 463. The molecule has 1 saturated carbocycles. The molecule has 3 N–H and O–H groups in total. The van der Waals surface area contributed by atoms with Gasteiger partial charge in [-0.1, -0.05) is 18.2 Å². The number of rotatable bonds is 4. The summed E-state index contributed by atoms with van der Waals surface area (Å²) in [5, 5.41) is 3.61. The Morgan fingerprint density at radius 3 is 2.84 bits per heavy atom. The SMILES string of the molecule is CNC1(C(N)=O)CCCC(Sc2ccccc2C)C1. The molecule has 1 aromatic rings. The van der Waals surface area contributed by atoms with E-state index in [1.54, 1.807) is 0 Å². The van der Waals surface area contributed by atoms with E-state index in [-0.39, 0.29) is 5.91 Å². The molecule has 0 radical (unpaired) electrons. The molecular formula is C15H22N2OS. The van der Waals surface area contributed by atoms with Gasteiger partial charge in [0.25, 0.3) is 0 Å². The zero-order chi connectivity index (χ0) is 13.9. The number of likely N-dealkylation sites (N-methyl/N-ethyl adjacent to an activating group) is 1. The van der Waals surface area contributed by atoms with E-state index in [1.165, 1.54) is 10.5 Å². The van der Waals surface area contributed by atoms with Gasteiger partial charge < -0.3 is 11.1 Å². The molecule has 0 aromatic heterocycles. The van der Waals surface area contributed by atoms with Crippen LogP contribution in [0.4, 0.5) is 0 Å². The Balaban J connectivity index is 2.10. The maximum atomic E-state index is 11.7. The second-order valence-electron chi connectivity index (χ2n) is 5.30. The molecule has 1 aliphatic rings. The summed E-state index contributed by atoms with van der Waals surface area (Å²) in [6, 6.07) is 8.41. The van der Waals surface area contributed by atoms with Crippen LogP contribution in [-0.2, 0) is 4.79 Å². The van der Waals surface area contributed by atoms with Crippen LogP contribution in [0.2, 0.25) is 0 Å². The molecule has 1 amide bonds. The fourth-order valence-corrected chi connectivity index (χ4v) is 4.19. The van der Waals surface area contributed by atoms with Crippen molar-refractivity contribution in [3.63, 3.8) is 0 Å². The largest absolute Gasteiger partial charge is 0.368 e. The highest BCUT2D eigenvalue weighted by molar-refractivity contribution is 8.00. The molecule has 2 unspecified atom stereocenters. The van der Waals surface area contributed by atoms with Crippen molar-refractivity contribution in [2.75, 3.05) is 7.05 Å². The standard InChI is InChI=1S/C15H22N2OS/c1-11-6-3-4-8-13(11)19-12-7-5-9-15(10-12,17-2)14(16)18/h3-4,6,8,12,17H,5,7,9-10H2,1-2H3,(H2,16,18). The maximum absolute atomic E-state index is 11.7. The molecule has 19 heavy (non-hydrogen) atoms. The average molecular weight is 278 g/mol. The van der Waals surface area contributed by atoms with Crippen LogP contribution in [-0.4, -0.2) is 23.7 Å². The first-order valence-corrected chi connectivity index (χ1v) is 7.66. The number of hydrogen-bond donors (Lipinski definition) is 2. The Labute approximate surface area is 119 Å². The Morgan fingerprint density at radius 2 is 2.21 bits per heavy atom.